The average Bonchev–Trinajstić information content (AvgIpc) is 2.75. The van der Waals surface area contributed by atoms with Crippen LogP contribution in [0.2, 0.25) is 5.02 Å². The van der Waals surface area contributed by atoms with Crippen molar-refractivity contribution in [3.05, 3.63) is 34.9 Å². The Labute approximate surface area is 113 Å². The molecule has 0 aromatic heterocycles. The van der Waals surface area contributed by atoms with E-state index in [9.17, 15) is 10.2 Å². The molecular weight excluding hydrogens is 250 g/mol. The molecule has 1 aliphatic rings. The Morgan fingerprint density at radius 3 is 2.78 bits per heavy atom. The minimum absolute atomic E-state index is 0.185. The third kappa shape index (κ3) is 3.45. The van der Waals surface area contributed by atoms with E-state index in [1.165, 1.54) is 0 Å². The number of rotatable bonds is 5. The van der Waals surface area contributed by atoms with E-state index < -0.39 is 6.10 Å². The van der Waals surface area contributed by atoms with Crippen molar-refractivity contribution in [2.24, 2.45) is 5.92 Å². The van der Waals surface area contributed by atoms with Gasteiger partial charge in [0.2, 0.25) is 0 Å². The fraction of sp³-hybridized carbons (Fsp3) is 0.571. The van der Waals surface area contributed by atoms with Gasteiger partial charge in [-0.05, 0) is 24.8 Å². The van der Waals surface area contributed by atoms with Crippen molar-refractivity contribution in [1.29, 1.82) is 0 Å². The first-order valence-corrected chi connectivity index (χ1v) is 6.87. The third-order valence-corrected chi connectivity index (χ3v) is 3.97. The fourth-order valence-corrected chi connectivity index (χ4v) is 2.78. The van der Waals surface area contributed by atoms with Gasteiger partial charge in [-0.2, -0.15) is 0 Å². The van der Waals surface area contributed by atoms with Gasteiger partial charge in [-0.3, -0.25) is 0 Å². The van der Waals surface area contributed by atoms with Gasteiger partial charge in [0.05, 0.1) is 12.2 Å². The number of nitrogens with one attached hydrogen (secondary N) is 1. The first-order valence-electron chi connectivity index (χ1n) is 6.49. The summed E-state index contributed by atoms with van der Waals surface area (Å²) < 4.78 is 0. The zero-order valence-electron chi connectivity index (χ0n) is 10.3. The smallest absolute Gasteiger partial charge is 0.0928 e. The number of aliphatic hydroxyl groups excluding tert-OH is 2. The van der Waals surface area contributed by atoms with Crippen LogP contribution in [0.15, 0.2) is 24.3 Å². The summed E-state index contributed by atoms with van der Waals surface area (Å²) in [6.07, 6.45) is 2.28. The predicted octanol–water partition coefficient (Wildman–Crippen LogP) is 2.12. The standard InChI is InChI=1S/C14H20ClNO2/c15-12-6-2-1-5-11(12)14(18)9-16-8-10-4-3-7-13(10)17/h1-2,5-6,10,13-14,16-18H,3-4,7-9H2. The molecule has 0 heterocycles. The minimum Gasteiger partial charge on any atom is -0.393 e. The van der Waals surface area contributed by atoms with Gasteiger partial charge in [0, 0.05) is 23.7 Å². The summed E-state index contributed by atoms with van der Waals surface area (Å²) in [7, 11) is 0. The van der Waals surface area contributed by atoms with E-state index in [0.717, 1.165) is 31.4 Å². The van der Waals surface area contributed by atoms with Crippen LogP contribution < -0.4 is 5.32 Å². The molecule has 3 atom stereocenters. The largest absolute Gasteiger partial charge is 0.393 e. The van der Waals surface area contributed by atoms with Gasteiger partial charge in [0.15, 0.2) is 0 Å². The molecule has 1 aromatic carbocycles. The fourth-order valence-electron chi connectivity index (χ4n) is 2.52. The maximum absolute atomic E-state index is 10.0. The summed E-state index contributed by atoms with van der Waals surface area (Å²) in [6, 6.07) is 7.33. The van der Waals surface area contributed by atoms with Gasteiger partial charge in [-0.1, -0.05) is 36.2 Å². The molecule has 0 spiro atoms. The van der Waals surface area contributed by atoms with Crippen LogP contribution in [-0.2, 0) is 0 Å². The van der Waals surface area contributed by atoms with Gasteiger partial charge < -0.3 is 15.5 Å². The second kappa shape index (κ2) is 6.53. The van der Waals surface area contributed by atoms with E-state index in [1.54, 1.807) is 6.07 Å². The highest BCUT2D eigenvalue weighted by molar-refractivity contribution is 6.31. The van der Waals surface area contributed by atoms with Gasteiger partial charge in [-0.25, -0.2) is 0 Å². The Morgan fingerprint density at radius 1 is 1.33 bits per heavy atom. The van der Waals surface area contributed by atoms with E-state index in [-0.39, 0.29) is 6.10 Å². The van der Waals surface area contributed by atoms with Crippen molar-refractivity contribution in [2.45, 2.75) is 31.5 Å². The lowest BCUT2D eigenvalue weighted by Crippen LogP contribution is -2.30. The summed E-state index contributed by atoms with van der Waals surface area (Å²) in [5, 5.41) is 23.5. The first-order chi connectivity index (χ1) is 8.68. The van der Waals surface area contributed by atoms with E-state index in [1.807, 2.05) is 18.2 Å². The second-order valence-corrected chi connectivity index (χ2v) is 5.36. The van der Waals surface area contributed by atoms with Crippen molar-refractivity contribution < 1.29 is 10.2 Å². The lowest BCUT2D eigenvalue weighted by Gasteiger charge is -2.18. The highest BCUT2D eigenvalue weighted by Crippen LogP contribution is 2.25. The number of aliphatic hydroxyl groups is 2. The Hall–Kier alpha value is -0.610. The highest BCUT2D eigenvalue weighted by Gasteiger charge is 2.24. The molecular formula is C14H20ClNO2. The molecule has 4 heteroatoms. The highest BCUT2D eigenvalue weighted by atomic mass is 35.5. The van der Waals surface area contributed by atoms with Crippen molar-refractivity contribution in [1.82, 2.24) is 5.32 Å². The molecule has 18 heavy (non-hydrogen) atoms. The number of hydrogen-bond acceptors (Lipinski definition) is 3. The Balaban J connectivity index is 1.78. The second-order valence-electron chi connectivity index (χ2n) is 4.95. The van der Waals surface area contributed by atoms with E-state index in [2.05, 4.69) is 5.32 Å². The van der Waals surface area contributed by atoms with Crippen molar-refractivity contribution in [3.63, 3.8) is 0 Å². The molecule has 0 bridgehead atoms. The molecule has 1 fully saturated rings. The van der Waals surface area contributed by atoms with Crippen LogP contribution in [0.25, 0.3) is 0 Å². The van der Waals surface area contributed by atoms with Gasteiger partial charge >= 0.3 is 0 Å². The number of hydrogen-bond donors (Lipinski definition) is 3. The maximum atomic E-state index is 10.0. The van der Waals surface area contributed by atoms with Crippen LogP contribution in [0.5, 0.6) is 0 Å². The molecule has 1 aliphatic carbocycles. The molecule has 3 nitrogen and oxygen atoms in total. The van der Waals surface area contributed by atoms with Crippen LogP contribution in [-0.4, -0.2) is 29.4 Å². The lowest BCUT2D eigenvalue weighted by atomic mass is 10.1. The normalized spacial score (nSPS) is 25.3. The SMILES string of the molecule is OC(CNCC1CCCC1O)c1ccccc1Cl. The monoisotopic (exact) mass is 269 g/mol. The van der Waals surface area contributed by atoms with Crippen molar-refractivity contribution in [3.8, 4) is 0 Å². The molecule has 0 amide bonds. The third-order valence-electron chi connectivity index (χ3n) is 3.63. The Kier molecular flexibility index (Phi) is 5.01. The Bertz CT molecular complexity index is 386. The Morgan fingerprint density at radius 2 is 2.11 bits per heavy atom. The zero-order valence-corrected chi connectivity index (χ0v) is 11.1. The first kappa shape index (κ1) is 13.8. The molecule has 100 valence electrons. The van der Waals surface area contributed by atoms with Crippen LogP contribution >= 0.6 is 11.6 Å². The molecule has 0 radical (unpaired) electrons. The van der Waals surface area contributed by atoms with Crippen LogP contribution in [0.4, 0.5) is 0 Å². The van der Waals surface area contributed by atoms with Crippen LogP contribution in [0.3, 0.4) is 0 Å². The number of benzene rings is 1. The summed E-state index contributed by atoms with van der Waals surface area (Å²) in [5.41, 5.74) is 0.749. The molecule has 1 aromatic rings. The molecule has 3 unspecified atom stereocenters. The molecule has 0 aliphatic heterocycles. The summed E-state index contributed by atoms with van der Waals surface area (Å²) >= 11 is 6.02. The number of halogens is 1. The molecule has 3 N–H and O–H groups in total. The summed E-state index contributed by atoms with van der Waals surface area (Å²) in [5.74, 6) is 0.323. The maximum Gasteiger partial charge on any atom is 0.0928 e. The molecule has 0 saturated heterocycles. The van der Waals surface area contributed by atoms with Crippen molar-refractivity contribution in [2.75, 3.05) is 13.1 Å². The van der Waals surface area contributed by atoms with E-state index in [4.69, 9.17) is 11.6 Å². The summed E-state index contributed by atoms with van der Waals surface area (Å²) in [4.78, 5) is 0. The van der Waals surface area contributed by atoms with Gasteiger partial charge in [0.1, 0.15) is 0 Å². The van der Waals surface area contributed by atoms with Gasteiger partial charge in [0.25, 0.3) is 0 Å². The van der Waals surface area contributed by atoms with E-state index in [0.29, 0.717) is 17.5 Å². The minimum atomic E-state index is -0.600. The topological polar surface area (TPSA) is 52.5 Å². The van der Waals surface area contributed by atoms with Crippen LogP contribution in [0, 0.1) is 5.92 Å². The van der Waals surface area contributed by atoms with Gasteiger partial charge in [-0.15, -0.1) is 0 Å². The van der Waals surface area contributed by atoms with E-state index >= 15 is 0 Å². The predicted molar refractivity (Wildman–Crippen MR) is 72.6 cm³/mol. The molecule has 1 saturated carbocycles. The lowest BCUT2D eigenvalue weighted by molar-refractivity contribution is 0.124. The van der Waals surface area contributed by atoms with Crippen molar-refractivity contribution >= 4 is 11.6 Å². The average molecular weight is 270 g/mol. The zero-order chi connectivity index (χ0) is 13.0. The quantitative estimate of drug-likeness (QED) is 0.768. The van der Waals surface area contributed by atoms with Crippen LogP contribution in [0.1, 0.15) is 30.9 Å². The molecule has 2 rings (SSSR count). The summed E-state index contributed by atoms with van der Waals surface area (Å²) in [6.45, 7) is 1.22.